The smallest absolute Gasteiger partial charge is 0.264 e. The van der Waals surface area contributed by atoms with Crippen LogP contribution in [-0.4, -0.2) is 22.9 Å². The fourth-order valence-electron chi connectivity index (χ4n) is 3.39. The van der Waals surface area contributed by atoms with E-state index in [2.05, 4.69) is 13.8 Å². The Bertz CT molecular complexity index is 688. The summed E-state index contributed by atoms with van der Waals surface area (Å²) in [5.74, 6) is -0.163. The van der Waals surface area contributed by atoms with Gasteiger partial charge in [-0.15, -0.1) is 11.3 Å². The standard InChI is InChI=1S/C19H22FNOS/c1-13(2)21(14-7-3-4-8-14)19(22)18-12-11-17(23-18)15-9-5-6-10-16(15)20/h5-6,9-14H,3-4,7-8H2,1-2H3. The summed E-state index contributed by atoms with van der Waals surface area (Å²) in [6.07, 6.45) is 4.59. The Kier molecular flexibility index (Phi) is 4.81. The highest BCUT2D eigenvalue weighted by Gasteiger charge is 2.30. The number of hydrogen-bond donors (Lipinski definition) is 0. The van der Waals surface area contributed by atoms with Crippen LogP contribution in [0.1, 0.15) is 49.2 Å². The lowest BCUT2D eigenvalue weighted by Crippen LogP contribution is -2.43. The first-order valence-corrected chi connectivity index (χ1v) is 9.07. The molecule has 0 bridgehead atoms. The molecule has 0 aliphatic heterocycles. The van der Waals surface area contributed by atoms with Crippen molar-refractivity contribution in [3.8, 4) is 10.4 Å². The molecular formula is C19H22FNOS. The number of nitrogens with zero attached hydrogens (tertiary/aromatic N) is 1. The zero-order chi connectivity index (χ0) is 16.4. The van der Waals surface area contributed by atoms with Gasteiger partial charge < -0.3 is 4.90 Å². The molecule has 1 aliphatic carbocycles. The highest BCUT2D eigenvalue weighted by Crippen LogP contribution is 2.33. The van der Waals surface area contributed by atoms with E-state index in [1.165, 1.54) is 30.2 Å². The van der Waals surface area contributed by atoms with Gasteiger partial charge in [-0.25, -0.2) is 4.39 Å². The highest BCUT2D eigenvalue weighted by atomic mass is 32.1. The largest absolute Gasteiger partial charge is 0.333 e. The number of halogens is 1. The van der Waals surface area contributed by atoms with Crippen LogP contribution in [0.15, 0.2) is 36.4 Å². The fourth-order valence-corrected chi connectivity index (χ4v) is 4.37. The van der Waals surface area contributed by atoms with E-state index in [0.717, 1.165) is 17.7 Å². The molecule has 0 atom stereocenters. The SMILES string of the molecule is CC(C)N(C(=O)c1ccc(-c2ccccc2F)s1)C1CCCC1. The summed E-state index contributed by atoms with van der Waals surface area (Å²) in [5.41, 5.74) is 0.563. The number of carbonyl (C=O) groups is 1. The lowest BCUT2D eigenvalue weighted by atomic mass is 10.1. The van der Waals surface area contributed by atoms with Gasteiger partial charge in [-0.2, -0.15) is 0 Å². The first kappa shape index (κ1) is 16.2. The molecule has 0 spiro atoms. The molecule has 1 amide bonds. The third-order valence-corrected chi connectivity index (χ3v) is 5.57. The number of thiophene rings is 1. The predicted octanol–water partition coefficient (Wildman–Crippen LogP) is 5.35. The minimum atomic E-state index is -0.246. The average molecular weight is 331 g/mol. The summed E-state index contributed by atoms with van der Waals surface area (Å²) in [6, 6.07) is 10.9. The van der Waals surface area contributed by atoms with Gasteiger partial charge in [-0.3, -0.25) is 4.79 Å². The molecule has 1 aromatic heterocycles. The molecule has 1 aliphatic rings. The van der Waals surface area contributed by atoms with Crippen LogP contribution in [0.5, 0.6) is 0 Å². The van der Waals surface area contributed by atoms with Crippen molar-refractivity contribution in [2.24, 2.45) is 0 Å². The zero-order valence-electron chi connectivity index (χ0n) is 13.6. The molecule has 2 aromatic rings. The lowest BCUT2D eigenvalue weighted by molar-refractivity contribution is 0.0618. The molecule has 4 heteroatoms. The van der Waals surface area contributed by atoms with Crippen LogP contribution in [0.25, 0.3) is 10.4 Å². The molecule has 1 heterocycles. The molecule has 3 rings (SSSR count). The van der Waals surface area contributed by atoms with Crippen LogP contribution >= 0.6 is 11.3 Å². The maximum atomic E-state index is 13.9. The highest BCUT2D eigenvalue weighted by molar-refractivity contribution is 7.17. The Morgan fingerprint density at radius 1 is 1.17 bits per heavy atom. The second-order valence-corrected chi connectivity index (χ2v) is 7.47. The van der Waals surface area contributed by atoms with Gasteiger partial charge in [0.05, 0.1) is 4.88 Å². The predicted molar refractivity (Wildman–Crippen MR) is 93.3 cm³/mol. The van der Waals surface area contributed by atoms with E-state index in [1.807, 2.05) is 23.1 Å². The van der Waals surface area contributed by atoms with Crippen molar-refractivity contribution in [3.63, 3.8) is 0 Å². The molecule has 2 nitrogen and oxygen atoms in total. The van der Waals surface area contributed by atoms with E-state index >= 15 is 0 Å². The molecule has 1 fully saturated rings. The van der Waals surface area contributed by atoms with Gasteiger partial charge >= 0.3 is 0 Å². The maximum Gasteiger partial charge on any atom is 0.264 e. The topological polar surface area (TPSA) is 20.3 Å². The van der Waals surface area contributed by atoms with Crippen molar-refractivity contribution in [1.29, 1.82) is 0 Å². The van der Waals surface area contributed by atoms with Crippen molar-refractivity contribution >= 4 is 17.2 Å². The molecular weight excluding hydrogens is 309 g/mol. The van der Waals surface area contributed by atoms with Gasteiger partial charge in [0.2, 0.25) is 0 Å². The minimum absolute atomic E-state index is 0.0829. The van der Waals surface area contributed by atoms with E-state index in [4.69, 9.17) is 0 Å². The second-order valence-electron chi connectivity index (χ2n) is 6.39. The molecule has 0 saturated heterocycles. The summed E-state index contributed by atoms with van der Waals surface area (Å²) in [5, 5.41) is 0. The van der Waals surface area contributed by atoms with E-state index in [9.17, 15) is 9.18 Å². The van der Waals surface area contributed by atoms with Gasteiger partial charge in [0.25, 0.3) is 5.91 Å². The molecule has 23 heavy (non-hydrogen) atoms. The van der Waals surface area contributed by atoms with Crippen molar-refractivity contribution < 1.29 is 9.18 Å². The Labute approximate surface area is 140 Å². The fraction of sp³-hybridized carbons (Fsp3) is 0.421. The first-order valence-electron chi connectivity index (χ1n) is 8.25. The number of amides is 1. The van der Waals surface area contributed by atoms with Crippen molar-refractivity contribution in [2.45, 2.75) is 51.6 Å². The first-order chi connectivity index (χ1) is 11.1. The molecule has 1 saturated carbocycles. The van der Waals surface area contributed by atoms with E-state index in [-0.39, 0.29) is 17.8 Å². The monoisotopic (exact) mass is 331 g/mol. The number of benzene rings is 1. The van der Waals surface area contributed by atoms with E-state index in [0.29, 0.717) is 16.5 Å². The Morgan fingerprint density at radius 2 is 1.87 bits per heavy atom. The van der Waals surface area contributed by atoms with Gasteiger partial charge in [0, 0.05) is 22.5 Å². The van der Waals surface area contributed by atoms with Gasteiger partial charge in [-0.1, -0.05) is 31.0 Å². The van der Waals surface area contributed by atoms with Crippen molar-refractivity contribution in [2.75, 3.05) is 0 Å². The average Bonchev–Trinajstić information content (AvgIpc) is 3.18. The van der Waals surface area contributed by atoms with Crippen LogP contribution in [0.3, 0.4) is 0 Å². The summed E-state index contributed by atoms with van der Waals surface area (Å²) < 4.78 is 13.9. The summed E-state index contributed by atoms with van der Waals surface area (Å²) in [7, 11) is 0. The summed E-state index contributed by atoms with van der Waals surface area (Å²) in [4.78, 5) is 16.5. The Hall–Kier alpha value is -1.68. The molecule has 0 unspecified atom stereocenters. The zero-order valence-corrected chi connectivity index (χ0v) is 14.4. The van der Waals surface area contributed by atoms with Crippen molar-refractivity contribution in [3.05, 3.63) is 47.1 Å². The molecule has 0 radical (unpaired) electrons. The third kappa shape index (κ3) is 3.32. The Balaban J connectivity index is 1.86. The third-order valence-electron chi connectivity index (χ3n) is 4.47. The lowest BCUT2D eigenvalue weighted by Gasteiger charge is -2.32. The number of hydrogen-bond acceptors (Lipinski definition) is 2. The molecule has 122 valence electrons. The quantitative estimate of drug-likeness (QED) is 0.740. The van der Waals surface area contributed by atoms with Crippen LogP contribution < -0.4 is 0 Å². The van der Waals surface area contributed by atoms with E-state index in [1.54, 1.807) is 12.1 Å². The van der Waals surface area contributed by atoms with Crippen LogP contribution in [-0.2, 0) is 0 Å². The van der Waals surface area contributed by atoms with Gasteiger partial charge in [-0.05, 0) is 44.9 Å². The summed E-state index contributed by atoms with van der Waals surface area (Å²) >= 11 is 1.38. The maximum absolute atomic E-state index is 13.9. The van der Waals surface area contributed by atoms with E-state index < -0.39 is 0 Å². The van der Waals surface area contributed by atoms with Crippen LogP contribution in [0.2, 0.25) is 0 Å². The molecule has 1 aromatic carbocycles. The summed E-state index contributed by atoms with van der Waals surface area (Å²) in [6.45, 7) is 4.14. The van der Waals surface area contributed by atoms with Gasteiger partial charge in [0.15, 0.2) is 0 Å². The molecule has 0 N–H and O–H groups in total. The van der Waals surface area contributed by atoms with Crippen LogP contribution in [0, 0.1) is 5.82 Å². The van der Waals surface area contributed by atoms with Crippen LogP contribution in [0.4, 0.5) is 4.39 Å². The minimum Gasteiger partial charge on any atom is -0.333 e. The second kappa shape index (κ2) is 6.83. The number of carbonyl (C=O) groups excluding carboxylic acids is 1. The van der Waals surface area contributed by atoms with Gasteiger partial charge in [0.1, 0.15) is 5.82 Å². The van der Waals surface area contributed by atoms with Crippen molar-refractivity contribution in [1.82, 2.24) is 4.90 Å². The number of rotatable bonds is 4. The Morgan fingerprint density at radius 3 is 2.52 bits per heavy atom. The normalized spacial score (nSPS) is 15.3.